The summed E-state index contributed by atoms with van der Waals surface area (Å²) in [6, 6.07) is 9.37. The summed E-state index contributed by atoms with van der Waals surface area (Å²) in [6.07, 6.45) is 2.46. The third kappa shape index (κ3) is 3.26. The number of rotatable bonds is 5. The van der Waals surface area contributed by atoms with E-state index in [-0.39, 0.29) is 0 Å². The molecular formula is C16H26N2. The fourth-order valence-electron chi connectivity index (χ4n) is 2.82. The second kappa shape index (κ2) is 6.24. The third-order valence-corrected chi connectivity index (χ3v) is 3.84. The van der Waals surface area contributed by atoms with Crippen molar-refractivity contribution >= 4 is 5.69 Å². The molecule has 1 aliphatic heterocycles. The van der Waals surface area contributed by atoms with E-state index in [2.05, 4.69) is 55.3 Å². The van der Waals surface area contributed by atoms with Crippen molar-refractivity contribution in [2.24, 2.45) is 5.92 Å². The van der Waals surface area contributed by atoms with Crippen LogP contribution in [0.2, 0.25) is 0 Å². The lowest BCUT2D eigenvalue weighted by atomic mass is 9.93. The molecule has 1 aromatic rings. The minimum atomic E-state index is 0.655. The Balaban J connectivity index is 1.96. The summed E-state index contributed by atoms with van der Waals surface area (Å²) < 4.78 is 0. The maximum atomic E-state index is 3.57. The number of hydrogen-bond acceptors (Lipinski definition) is 2. The molecule has 1 unspecified atom stereocenters. The molecular weight excluding hydrogens is 220 g/mol. The van der Waals surface area contributed by atoms with Gasteiger partial charge in [0.05, 0.1) is 0 Å². The summed E-state index contributed by atoms with van der Waals surface area (Å²) in [7, 11) is 0. The van der Waals surface area contributed by atoms with Gasteiger partial charge in [0, 0.05) is 24.8 Å². The highest BCUT2D eigenvalue weighted by Gasteiger charge is 2.21. The van der Waals surface area contributed by atoms with Gasteiger partial charge in [-0.25, -0.2) is 0 Å². The molecule has 1 heterocycles. The Bertz CT molecular complexity index is 373. The summed E-state index contributed by atoms with van der Waals surface area (Å²) in [5.41, 5.74) is 2.81. The molecule has 1 atom stereocenters. The number of hydrogen-bond donors (Lipinski definition) is 1. The molecule has 18 heavy (non-hydrogen) atoms. The molecule has 0 aromatic heterocycles. The van der Waals surface area contributed by atoms with Crippen LogP contribution in [0, 0.1) is 5.92 Å². The highest BCUT2D eigenvalue weighted by atomic mass is 15.1. The van der Waals surface area contributed by atoms with Crippen molar-refractivity contribution in [2.75, 3.05) is 25.0 Å². The van der Waals surface area contributed by atoms with E-state index in [0.29, 0.717) is 6.04 Å². The normalized spacial score (nSPS) is 18.8. The van der Waals surface area contributed by atoms with Gasteiger partial charge in [0.25, 0.3) is 0 Å². The first-order valence-corrected chi connectivity index (χ1v) is 7.26. The topological polar surface area (TPSA) is 15.3 Å². The summed E-state index contributed by atoms with van der Waals surface area (Å²) in [5, 5.41) is 3.57. The Morgan fingerprint density at radius 2 is 2.11 bits per heavy atom. The average Bonchev–Trinajstić information content (AvgIpc) is 2.38. The zero-order valence-corrected chi connectivity index (χ0v) is 11.9. The molecule has 0 radical (unpaired) electrons. The highest BCUT2D eigenvalue weighted by Crippen LogP contribution is 2.25. The molecule has 2 nitrogen and oxygen atoms in total. The van der Waals surface area contributed by atoms with Crippen LogP contribution >= 0.6 is 0 Å². The van der Waals surface area contributed by atoms with Crippen molar-refractivity contribution in [3.63, 3.8) is 0 Å². The quantitative estimate of drug-likeness (QED) is 0.856. The number of nitrogens with one attached hydrogen (secondary N) is 1. The molecule has 100 valence electrons. The second-order valence-corrected chi connectivity index (χ2v) is 5.70. The molecule has 0 saturated carbocycles. The summed E-state index contributed by atoms with van der Waals surface area (Å²) in [5.74, 6) is 0.744. The molecule has 0 fully saturated rings. The van der Waals surface area contributed by atoms with Gasteiger partial charge in [-0.05, 0) is 50.8 Å². The van der Waals surface area contributed by atoms with Crippen molar-refractivity contribution in [2.45, 2.75) is 39.7 Å². The van der Waals surface area contributed by atoms with Gasteiger partial charge in [-0.1, -0.05) is 25.1 Å². The Hall–Kier alpha value is -1.02. The third-order valence-electron chi connectivity index (χ3n) is 3.84. The van der Waals surface area contributed by atoms with E-state index in [4.69, 9.17) is 0 Å². The van der Waals surface area contributed by atoms with Crippen molar-refractivity contribution in [3.05, 3.63) is 29.8 Å². The maximum Gasteiger partial charge on any atom is 0.0372 e. The Morgan fingerprint density at radius 1 is 1.33 bits per heavy atom. The minimum Gasteiger partial charge on any atom is -0.384 e. The lowest BCUT2D eigenvalue weighted by Crippen LogP contribution is -2.39. The van der Waals surface area contributed by atoms with Gasteiger partial charge >= 0.3 is 0 Å². The van der Waals surface area contributed by atoms with E-state index < -0.39 is 0 Å². The van der Waals surface area contributed by atoms with Gasteiger partial charge in [0.15, 0.2) is 0 Å². The van der Waals surface area contributed by atoms with Crippen LogP contribution in [-0.2, 0) is 6.42 Å². The average molecular weight is 246 g/mol. The van der Waals surface area contributed by atoms with E-state index in [1.165, 1.54) is 37.2 Å². The molecule has 0 spiro atoms. The van der Waals surface area contributed by atoms with Gasteiger partial charge < -0.3 is 10.2 Å². The van der Waals surface area contributed by atoms with E-state index in [0.717, 1.165) is 12.5 Å². The molecule has 1 N–H and O–H groups in total. The van der Waals surface area contributed by atoms with Crippen LogP contribution in [-0.4, -0.2) is 30.6 Å². The summed E-state index contributed by atoms with van der Waals surface area (Å²) in [4.78, 5) is 2.61. The molecule has 1 aromatic carbocycles. The van der Waals surface area contributed by atoms with Gasteiger partial charge in [-0.15, -0.1) is 0 Å². The SMILES string of the molecule is CCCN(CC1CNc2ccccc2C1)C(C)C. The smallest absolute Gasteiger partial charge is 0.0372 e. The molecule has 1 aliphatic rings. The first-order chi connectivity index (χ1) is 8.70. The van der Waals surface area contributed by atoms with Gasteiger partial charge in [-0.2, -0.15) is 0 Å². The van der Waals surface area contributed by atoms with Gasteiger partial charge in [0.2, 0.25) is 0 Å². The van der Waals surface area contributed by atoms with Gasteiger partial charge in [-0.3, -0.25) is 0 Å². The highest BCUT2D eigenvalue weighted by molar-refractivity contribution is 5.53. The summed E-state index contributed by atoms with van der Waals surface area (Å²) in [6.45, 7) is 10.4. The van der Waals surface area contributed by atoms with Crippen molar-refractivity contribution in [3.8, 4) is 0 Å². The summed E-state index contributed by atoms with van der Waals surface area (Å²) >= 11 is 0. The number of fused-ring (bicyclic) bond motifs is 1. The van der Waals surface area contributed by atoms with Crippen LogP contribution in [0.5, 0.6) is 0 Å². The van der Waals surface area contributed by atoms with E-state index in [1.807, 2.05) is 0 Å². The lowest BCUT2D eigenvalue weighted by molar-refractivity contribution is 0.189. The Morgan fingerprint density at radius 3 is 2.83 bits per heavy atom. The Labute approximate surface area is 111 Å². The van der Waals surface area contributed by atoms with E-state index in [1.54, 1.807) is 0 Å². The predicted octanol–water partition coefficient (Wildman–Crippen LogP) is 3.39. The monoisotopic (exact) mass is 246 g/mol. The van der Waals surface area contributed by atoms with Crippen LogP contribution in [0.25, 0.3) is 0 Å². The molecule has 2 rings (SSSR count). The zero-order valence-electron chi connectivity index (χ0n) is 11.9. The molecule has 0 saturated heterocycles. The number of benzene rings is 1. The van der Waals surface area contributed by atoms with Crippen molar-refractivity contribution in [1.29, 1.82) is 0 Å². The zero-order chi connectivity index (χ0) is 13.0. The van der Waals surface area contributed by atoms with Gasteiger partial charge in [0.1, 0.15) is 0 Å². The van der Waals surface area contributed by atoms with Crippen molar-refractivity contribution < 1.29 is 0 Å². The minimum absolute atomic E-state index is 0.655. The second-order valence-electron chi connectivity index (χ2n) is 5.70. The van der Waals surface area contributed by atoms with Crippen LogP contribution in [0.4, 0.5) is 5.69 Å². The first kappa shape index (κ1) is 13.4. The standard InChI is InChI=1S/C16H26N2/c1-4-9-18(13(2)3)12-14-10-15-7-5-6-8-16(15)17-11-14/h5-8,13-14,17H,4,9-12H2,1-3H3. The first-order valence-electron chi connectivity index (χ1n) is 7.26. The fourth-order valence-corrected chi connectivity index (χ4v) is 2.82. The lowest BCUT2D eigenvalue weighted by Gasteiger charge is -2.33. The van der Waals surface area contributed by atoms with Crippen LogP contribution < -0.4 is 5.32 Å². The van der Waals surface area contributed by atoms with Crippen molar-refractivity contribution in [1.82, 2.24) is 4.90 Å². The largest absolute Gasteiger partial charge is 0.384 e. The molecule has 0 amide bonds. The van der Waals surface area contributed by atoms with E-state index >= 15 is 0 Å². The van der Waals surface area contributed by atoms with Crippen LogP contribution in [0.3, 0.4) is 0 Å². The Kier molecular flexibility index (Phi) is 4.65. The number of nitrogens with zero attached hydrogens (tertiary/aromatic N) is 1. The molecule has 0 bridgehead atoms. The number of para-hydroxylation sites is 1. The van der Waals surface area contributed by atoms with Crippen LogP contribution in [0.1, 0.15) is 32.8 Å². The fraction of sp³-hybridized carbons (Fsp3) is 0.625. The predicted molar refractivity (Wildman–Crippen MR) is 79.1 cm³/mol. The van der Waals surface area contributed by atoms with E-state index in [9.17, 15) is 0 Å². The number of anilines is 1. The van der Waals surface area contributed by atoms with Crippen LogP contribution in [0.15, 0.2) is 24.3 Å². The molecule has 2 heteroatoms. The molecule has 0 aliphatic carbocycles. The maximum absolute atomic E-state index is 3.57.